The molecule has 0 rings (SSSR count). The zero-order chi connectivity index (χ0) is 44.2. The predicted molar refractivity (Wildman–Crippen MR) is 249 cm³/mol. The highest BCUT2D eigenvalue weighted by Gasteiger charge is 2.25. The molecule has 0 radical (unpaired) electrons. The number of ether oxygens (including phenoxy) is 3. The van der Waals surface area contributed by atoms with E-state index in [4.69, 9.17) is 14.2 Å². The van der Waals surface area contributed by atoms with E-state index in [1.54, 1.807) is 21.1 Å². The molecule has 2 unspecified atom stereocenters. The van der Waals surface area contributed by atoms with Crippen LogP contribution in [0.1, 0.15) is 187 Å². The third-order valence-corrected chi connectivity index (χ3v) is 10.3. The highest BCUT2D eigenvalue weighted by molar-refractivity contribution is 5.70. The minimum Gasteiger partial charge on any atom is -0.544 e. The molecule has 0 saturated heterocycles. The molecular formula is C52H89NO7. The summed E-state index contributed by atoms with van der Waals surface area (Å²) in [6.45, 7) is 4.50. The molecular weight excluding hydrogens is 751 g/mol. The normalized spacial score (nSPS) is 13.6. The molecule has 0 aromatic carbocycles. The lowest BCUT2D eigenvalue weighted by molar-refractivity contribution is -0.889. The van der Waals surface area contributed by atoms with Crippen molar-refractivity contribution in [2.45, 2.75) is 199 Å². The first kappa shape index (κ1) is 56.8. The van der Waals surface area contributed by atoms with E-state index in [0.29, 0.717) is 12.8 Å². The number of quaternary nitrogens is 1. The number of carboxylic acids is 1. The van der Waals surface area contributed by atoms with Crippen molar-refractivity contribution in [2.75, 3.05) is 41.0 Å². The minimum atomic E-state index is -1.13. The van der Waals surface area contributed by atoms with Crippen LogP contribution in [0.5, 0.6) is 0 Å². The molecule has 60 heavy (non-hydrogen) atoms. The third kappa shape index (κ3) is 40.2. The Morgan fingerprint density at radius 2 is 0.933 bits per heavy atom. The van der Waals surface area contributed by atoms with Crippen LogP contribution in [-0.2, 0) is 28.6 Å². The van der Waals surface area contributed by atoms with Crippen molar-refractivity contribution in [3.05, 3.63) is 72.9 Å². The molecule has 0 bridgehead atoms. The van der Waals surface area contributed by atoms with Crippen LogP contribution in [0, 0.1) is 0 Å². The SMILES string of the molecule is CC/C=C/C/C=C/C/C=C/C/C=C/CCCCCCCCC(=O)OC(COCCC(C(=O)[O-])[N+](C)(C)C)COC(=O)CCCCCCCCC/C=C/C/C=C/CCCCC. The molecule has 0 aromatic heterocycles. The second-order valence-electron chi connectivity index (χ2n) is 17.0. The van der Waals surface area contributed by atoms with Gasteiger partial charge in [-0.3, -0.25) is 9.59 Å². The summed E-state index contributed by atoms with van der Waals surface area (Å²) < 4.78 is 17.2. The van der Waals surface area contributed by atoms with E-state index < -0.39 is 18.1 Å². The van der Waals surface area contributed by atoms with Crippen LogP contribution in [-0.4, -0.2) is 75.5 Å². The molecule has 8 heteroatoms. The summed E-state index contributed by atoms with van der Waals surface area (Å²) in [6.07, 6.45) is 53.5. The van der Waals surface area contributed by atoms with Gasteiger partial charge in [-0.2, -0.15) is 0 Å². The van der Waals surface area contributed by atoms with E-state index >= 15 is 0 Å². The Hall–Kier alpha value is -3.23. The number of carboxylic acid groups (broad SMARTS) is 1. The first-order chi connectivity index (χ1) is 29.1. The molecule has 0 amide bonds. The van der Waals surface area contributed by atoms with Gasteiger partial charge in [-0.05, 0) is 83.5 Å². The lowest BCUT2D eigenvalue weighted by Gasteiger charge is -2.34. The van der Waals surface area contributed by atoms with Crippen molar-refractivity contribution < 1.29 is 38.2 Å². The van der Waals surface area contributed by atoms with Gasteiger partial charge in [-0.25, -0.2) is 0 Å². The Kier molecular flexibility index (Phi) is 40.2. The fourth-order valence-corrected chi connectivity index (χ4v) is 6.62. The number of hydrogen-bond donors (Lipinski definition) is 0. The molecule has 0 saturated carbocycles. The Morgan fingerprint density at radius 3 is 1.38 bits per heavy atom. The fraction of sp³-hybridized carbons (Fsp3) is 0.712. The van der Waals surface area contributed by atoms with E-state index in [0.717, 1.165) is 89.9 Å². The molecule has 344 valence electrons. The van der Waals surface area contributed by atoms with Crippen molar-refractivity contribution in [1.29, 1.82) is 0 Å². The second kappa shape index (κ2) is 42.5. The molecule has 8 nitrogen and oxygen atoms in total. The van der Waals surface area contributed by atoms with Gasteiger partial charge in [-0.15, -0.1) is 0 Å². The fourth-order valence-electron chi connectivity index (χ4n) is 6.62. The lowest BCUT2D eigenvalue weighted by atomic mass is 10.1. The number of likely N-dealkylation sites (N-methyl/N-ethyl adjacent to an activating group) is 1. The van der Waals surface area contributed by atoms with Crippen molar-refractivity contribution in [2.24, 2.45) is 0 Å². The number of unbranched alkanes of at least 4 members (excludes halogenated alkanes) is 16. The van der Waals surface area contributed by atoms with Crippen LogP contribution in [0.25, 0.3) is 0 Å². The zero-order valence-corrected chi connectivity index (χ0v) is 39.1. The Labute approximate surface area is 368 Å². The number of nitrogens with zero attached hydrogens (tertiary/aromatic N) is 1. The molecule has 0 fully saturated rings. The molecule has 0 aliphatic rings. The van der Waals surface area contributed by atoms with Gasteiger partial charge in [0.1, 0.15) is 12.6 Å². The molecule has 0 aromatic rings. The summed E-state index contributed by atoms with van der Waals surface area (Å²) in [6, 6.07) is -0.733. The van der Waals surface area contributed by atoms with E-state index in [1.807, 2.05) is 0 Å². The van der Waals surface area contributed by atoms with Gasteiger partial charge in [-0.1, -0.05) is 157 Å². The number of rotatable bonds is 42. The van der Waals surface area contributed by atoms with E-state index in [-0.39, 0.29) is 42.7 Å². The van der Waals surface area contributed by atoms with Gasteiger partial charge in [0.2, 0.25) is 0 Å². The van der Waals surface area contributed by atoms with Gasteiger partial charge in [0.25, 0.3) is 0 Å². The largest absolute Gasteiger partial charge is 0.544 e. The topological polar surface area (TPSA) is 102 Å². The summed E-state index contributed by atoms with van der Waals surface area (Å²) in [5, 5.41) is 11.6. The average Bonchev–Trinajstić information content (AvgIpc) is 3.21. The summed E-state index contributed by atoms with van der Waals surface area (Å²) in [5.74, 6) is -1.77. The van der Waals surface area contributed by atoms with E-state index in [1.165, 1.54) is 64.2 Å². The third-order valence-electron chi connectivity index (χ3n) is 10.3. The smallest absolute Gasteiger partial charge is 0.306 e. The minimum absolute atomic E-state index is 0.0289. The van der Waals surface area contributed by atoms with E-state index in [2.05, 4.69) is 86.8 Å². The second-order valence-corrected chi connectivity index (χ2v) is 17.0. The summed E-state index contributed by atoms with van der Waals surface area (Å²) in [5.41, 5.74) is 0. The average molecular weight is 840 g/mol. The number of carbonyl (C=O) groups excluding carboxylic acids is 3. The van der Waals surface area contributed by atoms with E-state index in [9.17, 15) is 19.5 Å². The highest BCUT2D eigenvalue weighted by atomic mass is 16.6. The maximum Gasteiger partial charge on any atom is 0.306 e. The first-order valence-electron chi connectivity index (χ1n) is 24.0. The van der Waals surface area contributed by atoms with Crippen LogP contribution >= 0.6 is 0 Å². The first-order valence-corrected chi connectivity index (χ1v) is 24.0. The molecule has 0 spiro atoms. The number of hydrogen-bond acceptors (Lipinski definition) is 7. The molecule has 0 aliphatic carbocycles. The summed E-state index contributed by atoms with van der Waals surface area (Å²) in [4.78, 5) is 37.0. The standard InChI is InChI=1S/C52H89NO7/c1-6-8-10-12-14-16-18-20-22-24-25-27-29-31-33-35-37-39-41-43-51(55)60-48(46-58-45-44-49(52(56)57)53(3,4)5)47-59-50(54)42-40-38-36-34-32-30-28-26-23-21-19-17-15-13-11-9-7-2/h8,10,14-17,20-23,25,27,48-49H,6-7,9,11-13,18-19,24,26,28-47H2,1-5H3/b10-8+,16-14+,17-15+,22-20+,23-21+,27-25+. The highest BCUT2D eigenvalue weighted by Crippen LogP contribution is 2.14. The predicted octanol–water partition coefficient (Wildman–Crippen LogP) is 12.2. The van der Waals surface area contributed by atoms with Gasteiger partial charge >= 0.3 is 11.9 Å². The summed E-state index contributed by atoms with van der Waals surface area (Å²) >= 11 is 0. The number of esters is 2. The number of aliphatic carboxylic acids is 1. The maximum absolute atomic E-state index is 12.8. The van der Waals surface area contributed by atoms with Crippen LogP contribution in [0.2, 0.25) is 0 Å². The monoisotopic (exact) mass is 840 g/mol. The Bertz CT molecular complexity index is 1210. The number of allylic oxidation sites excluding steroid dienone is 12. The quantitative estimate of drug-likeness (QED) is 0.0261. The maximum atomic E-state index is 12.8. The Morgan fingerprint density at radius 1 is 0.517 bits per heavy atom. The zero-order valence-electron chi connectivity index (χ0n) is 39.1. The molecule has 0 heterocycles. The van der Waals surface area contributed by atoms with Crippen LogP contribution in [0.3, 0.4) is 0 Å². The van der Waals surface area contributed by atoms with Gasteiger partial charge in [0, 0.05) is 19.3 Å². The van der Waals surface area contributed by atoms with Crippen molar-refractivity contribution in [3.8, 4) is 0 Å². The van der Waals surface area contributed by atoms with Gasteiger partial charge < -0.3 is 28.6 Å². The van der Waals surface area contributed by atoms with Crippen molar-refractivity contribution in [3.63, 3.8) is 0 Å². The van der Waals surface area contributed by atoms with Gasteiger partial charge in [0.15, 0.2) is 6.10 Å². The summed E-state index contributed by atoms with van der Waals surface area (Å²) in [7, 11) is 5.40. The van der Waals surface area contributed by atoms with Crippen molar-refractivity contribution >= 4 is 17.9 Å². The van der Waals surface area contributed by atoms with Gasteiger partial charge in [0.05, 0.1) is 40.3 Å². The molecule has 0 N–H and O–H groups in total. The molecule has 2 atom stereocenters. The Balaban J connectivity index is 4.35. The van der Waals surface area contributed by atoms with Crippen molar-refractivity contribution in [1.82, 2.24) is 0 Å². The lowest BCUT2D eigenvalue weighted by Crippen LogP contribution is -2.55. The molecule has 0 aliphatic heterocycles. The van der Waals surface area contributed by atoms with Crippen LogP contribution in [0.4, 0.5) is 0 Å². The van der Waals surface area contributed by atoms with Crippen LogP contribution in [0.15, 0.2) is 72.9 Å². The van der Waals surface area contributed by atoms with Crippen LogP contribution < -0.4 is 5.11 Å². The number of carbonyl (C=O) groups is 3.